The Morgan fingerprint density at radius 3 is 1.90 bits per heavy atom. The summed E-state index contributed by atoms with van der Waals surface area (Å²) < 4.78 is 0. The molecule has 0 aromatic heterocycles. The Morgan fingerprint density at radius 2 is 1.20 bits per heavy atom. The third-order valence-electron chi connectivity index (χ3n) is 7.62. The van der Waals surface area contributed by atoms with Crippen LogP contribution in [0.3, 0.4) is 0 Å². The molecule has 0 amide bonds. The molecule has 0 aliphatic carbocycles. The van der Waals surface area contributed by atoms with Crippen LogP contribution in [0.2, 0.25) is 0 Å². The second-order valence-corrected chi connectivity index (χ2v) is 10.5. The normalized spacial score (nSPS) is 12.0. The molecule has 2 N–H and O–H groups in total. The molecule has 6 aromatic rings. The largest absolute Gasteiger partial charge is 0.398 e. The fourth-order valence-electron chi connectivity index (χ4n) is 5.36. The average molecular weight is 528 g/mol. The molecule has 0 saturated carbocycles. The number of nitrogens with two attached hydrogens (primary N) is 1. The van der Waals surface area contributed by atoms with Crippen molar-refractivity contribution in [3.05, 3.63) is 180 Å². The zero-order valence-electron chi connectivity index (χ0n) is 23.3. The Labute approximate surface area is 242 Å². The van der Waals surface area contributed by atoms with Crippen molar-refractivity contribution in [2.24, 2.45) is 5.73 Å². The van der Waals surface area contributed by atoms with Gasteiger partial charge in [-0.2, -0.15) is 0 Å². The number of aryl methyl sites for hydroxylation is 1. The molecule has 0 bridgehead atoms. The van der Waals surface area contributed by atoms with E-state index >= 15 is 0 Å². The molecule has 6 rings (SSSR count). The summed E-state index contributed by atoms with van der Waals surface area (Å²) in [4.78, 5) is 0. The topological polar surface area (TPSA) is 26.0 Å². The minimum Gasteiger partial charge on any atom is -0.398 e. The van der Waals surface area contributed by atoms with Crippen LogP contribution in [-0.4, -0.2) is 0 Å². The van der Waals surface area contributed by atoms with Gasteiger partial charge in [0.1, 0.15) is 0 Å². The van der Waals surface area contributed by atoms with Gasteiger partial charge >= 0.3 is 0 Å². The van der Waals surface area contributed by atoms with E-state index in [2.05, 4.69) is 128 Å². The number of benzene rings is 6. The van der Waals surface area contributed by atoms with Crippen molar-refractivity contribution < 1.29 is 0 Å². The third kappa shape index (κ3) is 5.90. The molecule has 1 heteroatoms. The molecule has 1 nitrogen and oxygen atoms in total. The van der Waals surface area contributed by atoms with Gasteiger partial charge < -0.3 is 5.73 Å². The van der Waals surface area contributed by atoms with Gasteiger partial charge in [0.15, 0.2) is 0 Å². The van der Waals surface area contributed by atoms with E-state index < -0.39 is 0 Å². The van der Waals surface area contributed by atoms with Crippen LogP contribution in [0.15, 0.2) is 158 Å². The highest BCUT2D eigenvalue weighted by atomic mass is 14.6. The second-order valence-electron chi connectivity index (χ2n) is 10.5. The van der Waals surface area contributed by atoms with Gasteiger partial charge in [0.25, 0.3) is 0 Å². The zero-order chi connectivity index (χ0) is 28.0. The van der Waals surface area contributed by atoms with Crippen molar-refractivity contribution in [2.45, 2.75) is 13.3 Å². The van der Waals surface area contributed by atoms with Gasteiger partial charge in [-0.15, -0.1) is 0 Å². The molecule has 198 valence electrons. The van der Waals surface area contributed by atoms with Crippen LogP contribution in [-0.2, 0) is 6.42 Å². The van der Waals surface area contributed by atoms with Crippen LogP contribution in [0.25, 0.3) is 44.3 Å². The smallest absolute Gasteiger partial charge is 0.0393 e. The van der Waals surface area contributed by atoms with Gasteiger partial charge in [-0.1, -0.05) is 157 Å². The van der Waals surface area contributed by atoms with Crippen LogP contribution < -0.4 is 5.73 Å². The van der Waals surface area contributed by atoms with E-state index in [1.165, 1.54) is 44.2 Å². The Kier molecular flexibility index (Phi) is 7.60. The minimum absolute atomic E-state index is 0.760. The first-order valence-corrected chi connectivity index (χ1v) is 14.1. The summed E-state index contributed by atoms with van der Waals surface area (Å²) in [6.07, 6.45) is 5.17. The van der Waals surface area contributed by atoms with Gasteiger partial charge in [-0.25, -0.2) is 0 Å². The fraction of sp³-hybridized carbons (Fsp3) is 0.0500. The molecule has 0 fully saturated rings. The molecular weight excluding hydrogens is 494 g/mol. The molecule has 0 saturated heterocycles. The fourth-order valence-corrected chi connectivity index (χ4v) is 5.36. The molecule has 6 aromatic carbocycles. The van der Waals surface area contributed by atoms with Crippen LogP contribution in [0, 0.1) is 6.92 Å². The SMILES string of the molecule is Cc1ccc(-c2ccc3ccccc3c2-c2ccc(C/C=C(\C=C(/N)c3ccccc3)c3ccccc3)cc2)cc1. The number of fused-ring (bicyclic) bond motifs is 1. The molecule has 0 spiro atoms. The second kappa shape index (κ2) is 11.9. The number of rotatable bonds is 7. The van der Waals surface area contributed by atoms with Crippen molar-refractivity contribution >= 4 is 22.0 Å². The average Bonchev–Trinajstić information content (AvgIpc) is 3.04. The molecule has 0 radical (unpaired) electrons. The molecule has 0 heterocycles. The van der Waals surface area contributed by atoms with Gasteiger partial charge in [0, 0.05) is 5.70 Å². The number of hydrogen-bond donors (Lipinski definition) is 1. The van der Waals surface area contributed by atoms with Crippen molar-refractivity contribution in [2.75, 3.05) is 0 Å². The van der Waals surface area contributed by atoms with Crippen molar-refractivity contribution in [1.82, 2.24) is 0 Å². The Morgan fingerprint density at radius 1 is 0.585 bits per heavy atom. The third-order valence-corrected chi connectivity index (χ3v) is 7.62. The summed E-state index contributed by atoms with van der Waals surface area (Å²) in [6, 6.07) is 51.6. The molecule has 41 heavy (non-hydrogen) atoms. The predicted octanol–water partition coefficient (Wildman–Crippen LogP) is 10.1. The molecule has 0 atom stereocenters. The highest BCUT2D eigenvalue weighted by Crippen LogP contribution is 2.38. The molecule has 0 aliphatic heterocycles. The van der Waals surface area contributed by atoms with Crippen molar-refractivity contribution in [3.63, 3.8) is 0 Å². The lowest BCUT2D eigenvalue weighted by molar-refractivity contribution is 1.27. The highest BCUT2D eigenvalue weighted by Gasteiger charge is 2.12. The van der Waals surface area contributed by atoms with Crippen LogP contribution in [0.1, 0.15) is 22.3 Å². The van der Waals surface area contributed by atoms with Gasteiger partial charge in [0.2, 0.25) is 0 Å². The predicted molar refractivity (Wildman–Crippen MR) is 176 cm³/mol. The lowest BCUT2D eigenvalue weighted by atomic mass is 9.89. The molecule has 0 unspecified atom stereocenters. The maximum atomic E-state index is 6.52. The van der Waals surface area contributed by atoms with E-state index in [9.17, 15) is 0 Å². The van der Waals surface area contributed by atoms with Crippen molar-refractivity contribution in [1.29, 1.82) is 0 Å². The summed E-state index contributed by atoms with van der Waals surface area (Å²) in [5, 5.41) is 2.52. The first-order chi connectivity index (χ1) is 20.2. The van der Waals surface area contributed by atoms with E-state index in [-0.39, 0.29) is 0 Å². The van der Waals surface area contributed by atoms with Gasteiger partial charge in [-0.05, 0) is 74.7 Å². The summed E-state index contributed by atoms with van der Waals surface area (Å²) in [6.45, 7) is 2.13. The number of allylic oxidation sites excluding steroid dienone is 3. The van der Waals surface area contributed by atoms with E-state index in [4.69, 9.17) is 5.73 Å². The minimum atomic E-state index is 0.760. The van der Waals surface area contributed by atoms with Crippen LogP contribution in [0.5, 0.6) is 0 Å². The Balaban J connectivity index is 1.35. The maximum Gasteiger partial charge on any atom is 0.0393 e. The molecular formula is C40H33N. The highest BCUT2D eigenvalue weighted by molar-refractivity contribution is 6.04. The summed E-state index contributed by atoms with van der Waals surface area (Å²) >= 11 is 0. The number of hydrogen-bond acceptors (Lipinski definition) is 1. The first-order valence-electron chi connectivity index (χ1n) is 14.1. The maximum absolute atomic E-state index is 6.52. The van der Waals surface area contributed by atoms with Crippen molar-refractivity contribution in [3.8, 4) is 22.3 Å². The molecule has 0 aliphatic rings. The Bertz CT molecular complexity index is 1830. The van der Waals surface area contributed by atoms with E-state index in [0.717, 1.165) is 28.8 Å². The van der Waals surface area contributed by atoms with Gasteiger partial charge in [-0.3, -0.25) is 0 Å². The van der Waals surface area contributed by atoms with Gasteiger partial charge in [0.05, 0.1) is 0 Å². The van der Waals surface area contributed by atoms with Crippen LogP contribution in [0.4, 0.5) is 0 Å². The monoisotopic (exact) mass is 527 g/mol. The lowest BCUT2D eigenvalue weighted by Crippen LogP contribution is -1.97. The van der Waals surface area contributed by atoms with E-state index in [0.29, 0.717) is 0 Å². The summed E-state index contributed by atoms with van der Waals surface area (Å²) in [5.74, 6) is 0. The Hall–Kier alpha value is -5.14. The standard InChI is InChI=1S/C40H33N/c1-29-16-21-33(22-17-29)38-27-26-32-12-8-9-15-37(32)40(38)35-23-18-30(19-24-35)20-25-36(31-10-4-2-5-11-31)28-39(41)34-13-6-3-7-14-34/h2-19,21-28H,20,41H2,1H3/b36-25+,39-28-. The quantitative estimate of drug-likeness (QED) is 0.205. The first kappa shape index (κ1) is 26.1. The zero-order valence-corrected chi connectivity index (χ0v) is 23.3. The van der Waals surface area contributed by atoms with Crippen LogP contribution >= 0.6 is 0 Å². The van der Waals surface area contributed by atoms with E-state index in [1.54, 1.807) is 0 Å². The summed E-state index contributed by atoms with van der Waals surface area (Å²) in [5.41, 5.74) is 18.1. The lowest BCUT2D eigenvalue weighted by Gasteiger charge is -2.15. The summed E-state index contributed by atoms with van der Waals surface area (Å²) in [7, 11) is 0. The van der Waals surface area contributed by atoms with E-state index in [1.807, 2.05) is 36.4 Å².